The molecule has 1 heterocycles. The second-order valence-corrected chi connectivity index (χ2v) is 8.22. The Kier molecular flexibility index (Phi) is 5.23. The van der Waals surface area contributed by atoms with Crippen LogP contribution in [0.4, 0.5) is 11.4 Å². The lowest BCUT2D eigenvalue weighted by Gasteiger charge is -2.11. The van der Waals surface area contributed by atoms with Gasteiger partial charge in [-0.2, -0.15) is 25.6 Å². The molecule has 1 atom stereocenters. The van der Waals surface area contributed by atoms with Crippen LogP contribution in [0.3, 0.4) is 0 Å². The number of amides is 1. The number of nitriles is 1. The van der Waals surface area contributed by atoms with Crippen LogP contribution in [0.15, 0.2) is 68.8 Å². The predicted molar refractivity (Wildman–Crippen MR) is 99.8 cm³/mol. The van der Waals surface area contributed by atoms with Crippen molar-refractivity contribution in [3.63, 3.8) is 0 Å². The van der Waals surface area contributed by atoms with Gasteiger partial charge >= 0.3 is 0 Å². The highest BCUT2D eigenvalue weighted by atomic mass is 35.7. The first-order valence-corrected chi connectivity index (χ1v) is 10.0. The van der Waals surface area contributed by atoms with Crippen LogP contribution in [0.1, 0.15) is 0 Å². The first-order chi connectivity index (χ1) is 12.8. The summed E-state index contributed by atoms with van der Waals surface area (Å²) in [5.41, 5.74) is 0.313. The van der Waals surface area contributed by atoms with E-state index in [0.29, 0.717) is 5.69 Å². The van der Waals surface area contributed by atoms with Crippen molar-refractivity contribution in [2.45, 2.75) is 10.9 Å². The number of halogens is 2. The van der Waals surface area contributed by atoms with Crippen LogP contribution >= 0.6 is 22.3 Å². The van der Waals surface area contributed by atoms with E-state index in [1.54, 1.807) is 30.3 Å². The van der Waals surface area contributed by atoms with Crippen molar-refractivity contribution in [2.24, 2.45) is 15.3 Å². The van der Waals surface area contributed by atoms with Crippen LogP contribution in [0.25, 0.3) is 0 Å². The minimum Gasteiger partial charge on any atom is -0.269 e. The van der Waals surface area contributed by atoms with Crippen molar-refractivity contribution in [3.8, 4) is 6.07 Å². The average molecular weight is 422 g/mol. The Bertz CT molecular complexity index is 1110. The number of hydrazone groups is 1. The SMILES string of the molecule is N#CC1=NN(c2ccccc2)C(=O)C1N=Nc1cc(S(=O)(=O)Cl)ccc1Cl. The molecule has 1 aliphatic heterocycles. The molecule has 27 heavy (non-hydrogen) atoms. The Morgan fingerprint density at radius 1 is 1.19 bits per heavy atom. The number of carbonyl (C=O) groups excluding carboxylic acids is 1. The third-order valence-corrected chi connectivity index (χ3v) is 5.18. The zero-order chi connectivity index (χ0) is 19.6. The number of para-hydroxylation sites is 1. The normalized spacial score (nSPS) is 17.2. The van der Waals surface area contributed by atoms with Crippen LogP contribution in [0, 0.1) is 11.3 Å². The largest absolute Gasteiger partial charge is 0.281 e. The van der Waals surface area contributed by atoms with Crippen molar-refractivity contribution in [2.75, 3.05) is 5.01 Å². The number of hydrogen-bond donors (Lipinski definition) is 0. The van der Waals surface area contributed by atoms with Gasteiger partial charge < -0.3 is 0 Å². The van der Waals surface area contributed by atoms with E-state index in [-0.39, 0.29) is 21.3 Å². The topological polar surface area (TPSA) is 115 Å². The average Bonchev–Trinajstić information content (AvgIpc) is 2.96. The maximum atomic E-state index is 12.6. The Labute approximate surface area is 163 Å². The highest BCUT2D eigenvalue weighted by Gasteiger charge is 2.37. The van der Waals surface area contributed by atoms with E-state index < -0.39 is 21.0 Å². The Morgan fingerprint density at radius 3 is 2.52 bits per heavy atom. The Hall–Kier alpha value is -2.80. The summed E-state index contributed by atoms with van der Waals surface area (Å²) in [7, 11) is 1.31. The summed E-state index contributed by atoms with van der Waals surface area (Å²) >= 11 is 5.98. The molecule has 0 N–H and O–H groups in total. The standard InChI is InChI=1S/C16H9Cl2N5O3S/c17-12-7-6-11(27(18,25)26)8-13(12)20-21-15-14(9-19)22-23(16(15)24)10-4-2-1-3-5-10/h1-8,15H. The molecule has 0 aliphatic carbocycles. The van der Waals surface area contributed by atoms with E-state index in [1.165, 1.54) is 12.1 Å². The van der Waals surface area contributed by atoms with Crippen molar-refractivity contribution < 1.29 is 13.2 Å². The molecule has 1 amide bonds. The maximum Gasteiger partial charge on any atom is 0.281 e. The summed E-state index contributed by atoms with van der Waals surface area (Å²) in [6, 6.07) is 12.7. The Morgan fingerprint density at radius 2 is 1.89 bits per heavy atom. The second kappa shape index (κ2) is 7.44. The van der Waals surface area contributed by atoms with Gasteiger partial charge in [0.25, 0.3) is 15.0 Å². The van der Waals surface area contributed by atoms with Gasteiger partial charge in [0.05, 0.1) is 15.6 Å². The lowest BCUT2D eigenvalue weighted by molar-refractivity contribution is -0.117. The predicted octanol–water partition coefficient (Wildman–Crippen LogP) is 3.65. The molecule has 2 aromatic carbocycles. The third-order valence-electron chi connectivity index (χ3n) is 3.50. The van der Waals surface area contributed by atoms with Gasteiger partial charge in [-0.15, -0.1) is 0 Å². The summed E-state index contributed by atoms with van der Waals surface area (Å²) in [6.45, 7) is 0. The summed E-state index contributed by atoms with van der Waals surface area (Å²) in [6.07, 6.45) is 0. The van der Waals surface area contributed by atoms with Crippen LogP contribution < -0.4 is 5.01 Å². The lowest BCUT2D eigenvalue weighted by atomic mass is 10.2. The molecular weight excluding hydrogens is 413 g/mol. The number of nitrogens with zero attached hydrogens (tertiary/aromatic N) is 5. The minimum atomic E-state index is -3.99. The molecule has 0 bridgehead atoms. The fourth-order valence-corrected chi connectivity index (χ4v) is 3.15. The molecule has 1 aliphatic rings. The van der Waals surface area contributed by atoms with Gasteiger partial charge in [-0.05, 0) is 30.3 Å². The van der Waals surface area contributed by atoms with E-state index in [1.807, 2.05) is 6.07 Å². The lowest BCUT2D eigenvalue weighted by Crippen LogP contribution is -2.30. The molecule has 136 valence electrons. The molecule has 1 unspecified atom stereocenters. The molecule has 11 heteroatoms. The van der Waals surface area contributed by atoms with Gasteiger partial charge in [-0.3, -0.25) is 4.79 Å². The molecule has 3 rings (SSSR count). The number of anilines is 1. The van der Waals surface area contributed by atoms with E-state index in [0.717, 1.165) is 11.1 Å². The van der Waals surface area contributed by atoms with Gasteiger partial charge in [0.15, 0.2) is 5.71 Å². The maximum absolute atomic E-state index is 12.6. The van der Waals surface area contributed by atoms with Crippen molar-refractivity contribution in [1.82, 2.24) is 0 Å². The van der Waals surface area contributed by atoms with Gasteiger partial charge in [0.1, 0.15) is 11.8 Å². The van der Waals surface area contributed by atoms with Crippen molar-refractivity contribution in [1.29, 1.82) is 5.26 Å². The summed E-state index contributed by atoms with van der Waals surface area (Å²) in [4.78, 5) is 12.3. The molecule has 0 fully saturated rings. The smallest absolute Gasteiger partial charge is 0.269 e. The van der Waals surface area contributed by atoms with Gasteiger partial charge in [-0.25, -0.2) is 8.42 Å². The van der Waals surface area contributed by atoms with E-state index in [4.69, 9.17) is 22.3 Å². The third kappa shape index (κ3) is 3.98. The molecular formula is C16H9Cl2N5O3S. The second-order valence-electron chi connectivity index (χ2n) is 5.25. The van der Waals surface area contributed by atoms with Crippen molar-refractivity contribution >= 4 is 54.3 Å². The first-order valence-electron chi connectivity index (χ1n) is 7.34. The highest BCUT2D eigenvalue weighted by Crippen LogP contribution is 2.30. The first kappa shape index (κ1) is 19.0. The zero-order valence-electron chi connectivity index (χ0n) is 13.3. The molecule has 0 aromatic heterocycles. The van der Waals surface area contributed by atoms with Gasteiger partial charge in [0, 0.05) is 10.7 Å². The fraction of sp³-hybridized carbons (Fsp3) is 0.0625. The molecule has 0 saturated carbocycles. The number of benzene rings is 2. The molecule has 8 nitrogen and oxygen atoms in total. The van der Waals surface area contributed by atoms with Crippen LogP contribution in [-0.4, -0.2) is 26.1 Å². The molecule has 0 spiro atoms. The number of hydrogen-bond acceptors (Lipinski definition) is 7. The number of azo groups is 1. The van der Waals surface area contributed by atoms with E-state index in [2.05, 4.69) is 15.3 Å². The molecule has 0 saturated heterocycles. The van der Waals surface area contributed by atoms with Crippen molar-refractivity contribution in [3.05, 3.63) is 53.6 Å². The minimum absolute atomic E-state index is 0.0124. The number of carbonyl (C=O) groups is 1. The quantitative estimate of drug-likeness (QED) is 0.552. The summed E-state index contributed by atoms with van der Waals surface area (Å²) in [5.74, 6) is -0.571. The van der Waals surface area contributed by atoms with E-state index >= 15 is 0 Å². The van der Waals surface area contributed by atoms with E-state index in [9.17, 15) is 18.5 Å². The monoisotopic (exact) mass is 421 g/mol. The van der Waals surface area contributed by atoms with Gasteiger partial charge in [0.2, 0.25) is 6.04 Å². The summed E-state index contributed by atoms with van der Waals surface area (Å²) < 4.78 is 22.9. The van der Waals surface area contributed by atoms with Crippen LogP contribution in [0.2, 0.25) is 5.02 Å². The Balaban J connectivity index is 1.93. The molecule has 0 radical (unpaired) electrons. The highest BCUT2D eigenvalue weighted by molar-refractivity contribution is 8.13. The fourth-order valence-electron chi connectivity index (χ4n) is 2.23. The summed E-state index contributed by atoms with van der Waals surface area (Å²) in [5, 5.41) is 22.0. The zero-order valence-corrected chi connectivity index (χ0v) is 15.6. The van der Waals surface area contributed by atoms with Crippen LogP contribution in [0.5, 0.6) is 0 Å². The van der Waals surface area contributed by atoms with Crippen LogP contribution in [-0.2, 0) is 13.8 Å². The van der Waals surface area contributed by atoms with Gasteiger partial charge in [-0.1, -0.05) is 29.8 Å². The number of rotatable bonds is 4. The molecule has 2 aromatic rings.